The Bertz CT molecular complexity index is 875. The van der Waals surface area contributed by atoms with Crippen LogP contribution in [0.3, 0.4) is 0 Å². The summed E-state index contributed by atoms with van der Waals surface area (Å²) < 4.78 is 1.18. The topological polar surface area (TPSA) is 47.9 Å². The van der Waals surface area contributed by atoms with Crippen molar-refractivity contribution in [3.63, 3.8) is 0 Å². The SMILES string of the molecule is CC[C@H]1C(C(=O)NN2CCCCC2)=NN(c2ccc(Cl)cc2Cl)[C@H]1C1CC(Br)=CS1. The Morgan fingerprint density at radius 1 is 1.30 bits per heavy atom. The van der Waals surface area contributed by atoms with Gasteiger partial charge in [-0.05, 0) is 49.3 Å². The summed E-state index contributed by atoms with van der Waals surface area (Å²) in [4.78, 5) is 13.2. The van der Waals surface area contributed by atoms with Crippen LogP contribution >= 0.6 is 50.9 Å². The Kier molecular flexibility index (Phi) is 7.35. The molecule has 4 rings (SSSR count). The van der Waals surface area contributed by atoms with Crippen LogP contribution in [0.2, 0.25) is 10.0 Å². The van der Waals surface area contributed by atoms with Crippen LogP contribution in [-0.2, 0) is 4.79 Å². The van der Waals surface area contributed by atoms with E-state index in [1.165, 1.54) is 10.9 Å². The minimum atomic E-state index is -0.101. The molecule has 3 heterocycles. The first kappa shape index (κ1) is 22.5. The van der Waals surface area contributed by atoms with Crippen LogP contribution in [-0.4, -0.2) is 41.0 Å². The molecule has 5 nitrogen and oxygen atoms in total. The van der Waals surface area contributed by atoms with Crippen molar-refractivity contribution in [2.75, 3.05) is 18.1 Å². The van der Waals surface area contributed by atoms with E-state index in [4.69, 9.17) is 28.3 Å². The molecule has 9 heteroatoms. The number of nitrogens with zero attached hydrogens (tertiary/aromatic N) is 3. The first-order chi connectivity index (χ1) is 14.5. The van der Waals surface area contributed by atoms with Gasteiger partial charge in [0.1, 0.15) is 5.71 Å². The molecule has 1 amide bonds. The molecule has 3 aliphatic heterocycles. The fourth-order valence-corrected chi connectivity index (χ4v) is 6.94. The molecule has 1 aromatic carbocycles. The molecule has 3 aliphatic rings. The van der Waals surface area contributed by atoms with Gasteiger partial charge in [0.25, 0.3) is 5.91 Å². The summed E-state index contributed by atoms with van der Waals surface area (Å²) in [6.07, 6.45) is 5.17. The zero-order chi connectivity index (χ0) is 21.3. The maximum absolute atomic E-state index is 13.2. The Labute approximate surface area is 200 Å². The van der Waals surface area contributed by atoms with E-state index in [1.807, 2.05) is 22.2 Å². The van der Waals surface area contributed by atoms with Crippen LogP contribution < -0.4 is 10.4 Å². The van der Waals surface area contributed by atoms with Crippen molar-refractivity contribution in [1.29, 1.82) is 0 Å². The summed E-state index contributed by atoms with van der Waals surface area (Å²) >= 11 is 18.1. The third-order valence-corrected chi connectivity index (χ3v) is 8.46. The Morgan fingerprint density at radius 2 is 2.07 bits per heavy atom. The molecule has 1 N–H and O–H groups in total. The average Bonchev–Trinajstić information content (AvgIpc) is 3.32. The third-order valence-electron chi connectivity index (χ3n) is 5.85. The van der Waals surface area contributed by atoms with E-state index in [0.29, 0.717) is 15.8 Å². The van der Waals surface area contributed by atoms with Gasteiger partial charge in [0.2, 0.25) is 0 Å². The number of hydrogen-bond donors (Lipinski definition) is 1. The van der Waals surface area contributed by atoms with Crippen molar-refractivity contribution in [3.8, 4) is 0 Å². The first-order valence-electron chi connectivity index (χ1n) is 10.4. The van der Waals surface area contributed by atoms with Gasteiger partial charge in [-0.3, -0.25) is 15.2 Å². The summed E-state index contributed by atoms with van der Waals surface area (Å²) in [5.41, 5.74) is 4.47. The summed E-state index contributed by atoms with van der Waals surface area (Å²) in [5, 5.41) is 12.4. The summed E-state index contributed by atoms with van der Waals surface area (Å²) in [6.45, 7) is 3.90. The monoisotopic (exact) mass is 530 g/mol. The number of hydrazine groups is 1. The number of carbonyl (C=O) groups is 1. The standard InChI is InChI=1S/C21H25BrCl2N4OS/c1-2-15-19(21(29)26-27-8-4-3-5-9-27)25-28(17-7-6-14(23)11-16(17)24)20(15)18-10-13(22)12-30-18/h6-7,11-12,15,18,20H,2-5,8-10H2,1H3,(H,26,29)/t15-,18?,20+/m0/s1. The normalized spacial score (nSPS) is 27.2. The van der Waals surface area contributed by atoms with Gasteiger partial charge in [-0.25, -0.2) is 5.01 Å². The fourth-order valence-electron chi connectivity index (χ4n) is 4.39. The number of rotatable bonds is 5. The summed E-state index contributed by atoms with van der Waals surface area (Å²) in [5.74, 6) is -0.0813. The highest BCUT2D eigenvalue weighted by Crippen LogP contribution is 2.45. The van der Waals surface area contributed by atoms with Crippen LogP contribution in [0.1, 0.15) is 39.0 Å². The molecule has 0 bridgehead atoms. The van der Waals surface area contributed by atoms with Crippen molar-refractivity contribution < 1.29 is 4.79 Å². The molecule has 0 saturated carbocycles. The number of allylic oxidation sites excluding steroid dienone is 1. The smallest absolute Gasteiger partial charge is 0.282 e. The summed E-state index contributed by atoms with van der Waals surface area (Å²) in [7, 11) is 0. The number of hydrazone groups is 1. The quantitative estimate of drug-likeness (QED) is 0.519. The molecule has 0 spiro atoms. The van der Waals surface area contributed by atoms with Gasteiger partial charge in [-0.15, -0.1) is 11.8 Å². The van der Waals surface area contributed by atoms with Crippen molar-refractivity contribution in [2.45, 2.75) is 50.3 Å². The highest BCUT2D eigenvalue weighted by atomic mass is 79.9. The number of amides is 1. The van der Waals surface area contributed by atoms with Crippen LogP contribution in [0.5, 0.6) is 0 Å². The minimum Gasteiger partial charge on any atom is -0.284 e. The zero-order valence-corrected chi connectivity index (χ0v) is 20.7. The van der Waals surface area contributed by atoms with Gasteiger partial charge in [0, 0.05) is 33.8 Å². The first-order valence-corrected chi connectivity index (χ1v) is 12.9. The average molecular weight is 532 g/mol. The Balaban J connectivity index is 1.65. The molecular formula is C21H25BrCl2N4OS. The lowest BCUT2D eigenvalue weighted by molar-refractivity contribution is -0.120. The highest BCUT2D eigenvalue weighted by molar-refractivity contribution is 9.11. The lowest BCUT2D eigenvalue weighted by Crippen LogP contribution is -2.49. The molecule has 0 aromatic heterocycles. The van der Waals surface area contributed by atoms with E-state index in [1.54, 1.807) is 17.8 Å². The molecule has 1 aromatic rings. The largest absolute Gasteiger partial charge is 0.284 e. The number of carbonyl (C=O) groups excluding carboxylic acids is 1. The van der Waals surface area contributed by atoms with E-state index < -0.39 is 0 Å². The molecular weight excluding hydrogens is 507 g/mol. The van der Waals surface area contributed by atoms with Crippen molar-refractivity contribution in [1.82, 2.24) is 10.4 Å². The number of halogens is 3. The molecule has 1 fully saturated rings. The number of thioether (sulfide) groups is 1. The van der Waals surface area contributed by atoms with E-state index in [9.17, 15) is 4.79 Å². The van der Waals surface area contributed by atoms with Gasteiger partial charge in [0.05, 0.1) is 16.8 Å². The van der Waals surface area contributed by atoms with E-state index in [2.05, 4.69) is 33.7 Å². The molecule has 0 radical (unpaired) electrons. The van der Waals surface area contributed by atoms with Crippen LogP contribution in [0.15, 0.2) is 33.2 Å². The van der Waals surface area contributed by atoms with Gasteiger partial charge in [0.15, 0.2) is 0 Å². The molecule has 1 unspecified atom stereocenters. The predicted octanol–water partition coefficient (Wildman–Crippen LogP) is 5.82. The van der Waals surface area contributed by atoms with Crippen LogP contribution in [0, 0.1) is 5.92 Å². The van der Waals surface area contributed by atoms with Crippen LogP contribution in [0.25, 0.3) is 0 Å². The molecule has 30 heavy (non-hydrogen) atoms. The molecule has 3 atom stereocenters. The van der Waals surface area contributed by atoms with Crippen molar-refractivity contribution in [2.24, 2.45) is 11.0 Å². The lowest BCUT2D eigenvalue weighted by Gasteiger charge is -2.32. The summed E-state index contributed by atoms with van der Waals surface area (Å²) in [6, 6.07) is 5.47. The van der Waals surface area contributed by atoms with Gasteiger partial charge >= 0.3 is 0 Å². The number of hydrogen-bond acceptors (Lipinski definition) is 5. The van der Waals surface area contributed by atoms with E-state index in [-0.39, 0.29) is 23.1 Å². The lowest BCUT2D eigenvalue weighted by atomic mass is 9.89. The second-order valence-electron chi connectivity index (χ2n) is 7.86. The Morgan fingerprint density at radius 3 is 2.70 bits per heavy atom. The number of nitrogens with one attached hydrogen (secondary N) is 1. The maximum Gasteiger partial charge on any atom is 0.282 e. The molecule has 162 valence electrons. The molecule has 1 saturated heterocycles. The number of anilines is 1. The zero-order valence-electron chi connectivity index (χ0n) is 16.8. The third kappa shape index (κ3) is 4.70. The second-order valence-corrected chi connectivity index (χ2v) is 10.8. The van der Waals surface area contributed by atoms with E-state index >= 15 is 0 Å². The minimum absolute atomic E-state index is 0.0193. The number of benzene rings is 1. The van der Waals surface area contributed by atoms with Gasteiger partial charge in [-0.2, -0.15) is 5.10 Å². The predicted molar refractivity (Wildman–Crippen MR) is 131 cm³/mol. The number of piperidine rings is 1. The highest BCUT2D eigenvalue weighted by Gasteiger charge is 2.46. The molecule has 0 aliphatic carbocycles. The fraction of sp³-hybridized carbons (Fsp3) is 0.524. The van der Waals surface area contributed by atoms with Crippen molar-refractivity contribution >= 4 is 68.2 Å². The van der Waals surface area contributed by atoms with Crippen LogP contribution in [0.4, 0.5) is 5.69 Å². The van der Waals surface area contributed by atoms with Gasteiger partial charge < -0.3 is 0 Å². The Hall–Kier alpha value is -0.730. The second kappa shape index (κ2) is 9.82. The van der Waals surface area contributed by atoms with Gasteiger partial charge in [-0.1, -0.05) is 52.5 Å². The van der Waals surface area contributed by atoms with Crippen molar-refractivity contribution in [3.05, 3.63) is 38.1 Å². The maximum atomic E-state index is 13.2. The van der Waals surface area contributed by atoms with E-state index in [0.717, 1.165) is 44.5 Å².